The molecule has 2 N–H and O–H groups in total. The van der Waals surface area contributed by atoms with Crippen LogP contribution < -0.4 is 0 Å². The van der Waals surface area contributed by atoms with E-state index in [2.05, 4.69) is 4.99 Å². The third kappa shape index (κ3) is 2.01. The molecule has 1 aromatic carbocycles. The van der Waals surface area contributed by atoms with Gasteiger partial charge >= 0.3 is 0 Å². The number of benzene rings is 1. The summed E-state index contributed by atoms with van der Waals surface area (Å²) >= 11 is 1.60. The summed E-state index contributed by atoms with van der Waals surface area (Å²) in [5, 5.41) is 19.8. The number of aliphatic imine (C=N–C) groups is 1. The molecule has 1 aliphatic rings. The molecular formula is C11H13NO2S. The average molecular weight is 223 g/mol. The molecule has 0 saturated heterocycles. The van der Waals surface area contributed by atoms with Crippen LogP contribution in [0, 0.1) is 0 Å². The van der Waals surface area contributed by atoms with Crippen LogP contribution in [0.4, 0.5) is 0 Å². The van der Waals surface area contributed by atoms with Crippen LogP contribution in [0.25, 0.3) is 0 Å². The average Bonchev–Trinajstić information content (AvgIpc) is 2.60. The maximum atomic E-state index is 9.66. The van der Waals surface area contributed by atoms with Crippen molar-refractivity contribution in [3.05, 3.63) is 29.8 Å². The van der Waals surface area contributed by atoms with Crippen molar-refractivity contribution in [2.45, 2.75) is 18.2 Å². The Balaban J connectivity index is 2.30. The second-order valence-corrected chi connectivity index (χ2v) is 4.89. The van der Waals surface area contributed by atoms with Crippen LogP contribution in [0.5, 0.6) is 5.75 Å². The molecule has 0 saturated carbocycles. The molecule has 3 nitrogen and oxygen atoms in total. The fraction of sp³-hybridized carbons (Fsp3) is 0.364. The number of para-hydroxylation sites is 1. The van der Waals surface area contributed by atoms with Gasteiger partial charge in [-0.25, -0.2) is 0 Å². The lowest BCUT2D eigenvalue weighted by atomic mass is 10.2. The molecule has 80 valence electrons. The highest BCUT2D eigenvalue weighted by atomic mass is 32.2. The quantitative estimate of drug-likeness (QED) is 0.801. The molecule has 1 heterocycles. The molecule has 0 amide bonds. The SMILES string of the molecule is C[C@@H]1SC(c2ccccc2O)=N[C@H]1CO. The van der Waals surface area contributed by atoms with Crippen molar-refractivity contribution in [1.29, 1.82) is 0 Å². The Kier molecular flexibility index (Phi) is 2.98. The summed E-state index contributed by atoms with van der Waals surface area (Å²) in [6.07, 6.45) is 0. The molecule has 1 aliphatic heterocycles. The molecule has 4 heteroatoms. The molecule has 0 radical (unpaired) electrons. The molecule has 0 spiro atoms. The van der Waals surface area contributed by atoms with Gasteiger partial charge in [0.25, 0.3) is 0 Å². The van der Waals surface area contributed by atoms with Gasteiger partial charge in [-0.3, -0.25) is 4.99 Å². The minimum atomic E-state index is -0.0513. The van der Waals surface area contributed by atoms with Gasteiger partial charge in [0.1, 0.15) is 10.8 Å². The lowest BCUT2D eigenvalue weighted by Crippen LogP contribution is -2.17. The van der Waals surface area contributed by atoms with Crippen LogP contribution in [-0.2, 0) is 0 Å². The van der Waals surface area contributed by atoms with Crippen molar-refractivity contribution in [2.24, 2.45) is 4.99 Å². The molecule has 0 aromatic heterocycles. The zero-order valence-corrected chi connectivity index (χ0v) is 9.24. The monoisotopic (exact) mass is 223 g/mol. The number of thioether (sulfide) groups is 1. The third-order valence-corrected chi connectivity index (χ3v) is 3.68. The van der Waals surface area contributed by atoms with Crippen molar-refractivity contribution in [3.63, 3.8) is 0 Å². The van der Waals surface area contributed by atoms with E-state index in [1.165, 1.54) is 0 Å². The fourth-order valence-corrected chi connectivity index (χ4v) is 2.67. The van der Waals surface area contributed by atoms with E-state index in [4.69, 9.17) is 5.11 Å². The predicted molar refractivity (Wildman–Crippen MR) is 62.6 cm³/mol. The van der Waals surface area contributed by atoms with Gasteiger partial charge in [-0.15, -0.1) is 11.8 Å². The Morgan fingerprint density at radius 2 is 2.13 bits per heavy atom. The number of hydrogen-bond acceptors (Lipinski definition) is 4. The number of aromatic hydroxyl groups is 1. The summed E-state index contributed by atoms with van der Waals surface area (Å²) in [6.45, 7) is 2.09. The molecule has 0 fully saturated rings. The fourth-order valence-electron chi connectivity index (χ4n) is 1.52. The third-order valence-electron chi connectivity index (χ3n) is 2.44. The van der Waals surface area contributed by atoms with Crippen molar-refractivity contribution in [2.75, 3.05) is 6.61 Å². The minimum Gasteiger partial charge on any atom is -0.507 e. The van der Waals surface area contributed by atoms with Gasteiger partial charge in [-0.2, -0.15) is 0 Å². The molecule has 2 rings (SSSR count). The highest BCUT2D eigenvalue weighted by Gasteiger charge is 2.27. The van der Waals surface area contributed by atoms with Crippen molar-refractivity contribution in [1.82, 2.24) is 0 Å². The van der Waals surface area contributed by atoms with Crippen LogP contribution in [0.1, 0.15) is 12.5 Å². The number of hydrogen-bond donors (Lipinski definition) is 2. The second-order valence-electron chi connectivity index (χ2n) is 3.52. The number of phenols is 1. The Labute approximate surface area is 92.9 Å². The largest absolute Gasteiger partial charge is 0.507 e. The van der Waals surface area contributed by atoms with Gasteiger partial charge in [-0.05, 0) is 12.1 Å². The molecule has 0 unspecified atom stereocenters. The first-order valence-corrected chi connectivity index (χ1v) is 5.74. The normalized spacial score (nSPS) is 25.3. The minimum absolute atomic E-state index is 0.0513. The van der Waals surface area contributed by atoms with E-state index in [-0.39, 0.29) is 23.6 Å². The first-order valence-electron chi connectivity index (χ1n) is 4.86. The Morgan fingerprint density at radius 3 is 2.73 bits per heavy atom. The summed E-state index contributed by atoms with van der Waals surface area (Å²) in [6, 6.07) is 7.09. The van der Waals surface area contributed by atoms with E-state index in [9.17, 15) is 5.11 Å². The first-order chi connectivity index (χ1) is 7.22. The molecule has 0 bridgehead atoms. The van der Waals surface area contributed by atoms with Crippen LogP contribution >= 0.6 is 11.8 Å². The molecular weight excluding hydrogens is 210 g/mol. The van der Waals surface area contributed by atoms with Gasteiger partial charge in [0.2, 0.25) is 0 Å². The van der Waals surface area contributed by atoms with Gasteiger partial charge < -0.3 is 10.2 Å². The second kappa shape index (κ2) is 4.24. The molecule has 15 heavy (non-hydrogen) atoms. The predicted octanol–water partition coefficient (Wildman–Crippen LogP) is 1.64. The van der Waals surface area contributed by atoms with Gasteiger partial charge in [-0.1, -0.05) is 19.1 Å². The number of aliphatic hydroxyl groups is 1. The van der Waals surface area contributed by atoms with Crippen molar-refractivity contribution >= 4 is 16.8 Å². The van der Waals surface area contributed by atoms with Crippen molar-refractivity contribution in [3.8, 4) is 5.75 Å². The van der Waals surface area contributed by atoms with E-state index >= 15 is 0 Å². The summed E-state index contributed by atoms with van der Waals surface area (Å²) in [7, 11) is 0. The van der Waals surface area contributed by atoms with Gasteiger partial charge in [0.15, 0.2) is 0 Å². The van der Waals surface area contributed by atoms with Crippen LogP contribution in [0.3, 0.4) is 0 Å². The smallest absolute Gasteiger partial charge is 0.125 e. The molecule has 0 aliphatic carbocycles. The zero-order valence-electron chi connectivity index (χ0n) is 8.42. The van der Waals surface area contributed by atoms with E-state index < -0.39 is 0 Å². The number of phenolic OH excluding ortho intramolecular Hbond substituents is 1. The highest BCUT2D eigenvalue weighted by Crippen LogP contribution is 2.32. The maximum Gasteiger partial charge on any atom is 0.125 e. The number of rotatable bonds is 2. The van der Waals surface area contributed by atoms with Crippen LogP contribution in [0.2, 0.25) is 0 Å². The Hall–Kier alpha value is -1.00. The summed E-state index contributed by atoms with van der Waals surface area (Å²) in [4.78, 5) is 4.39. The number of aliphatic hydroxyl groups excluding tert-OH is 1. The van der Waals surface area contributed by atoms with Crippen LogP contribution in [0.15, 0.2) is 29.3 Å². The number of nitrogens with zero attached hydrogens (tertiary/aromatic N) is 1. The van der Waals surface area contributed by atoms with Crippen LogP contribution in [-0.4, -0.2) is 33.2 Å². The lowest BCUT2D eigenvalue weighted by Gasteiger charge is -2.06. The first kappa shape index (κ1) is 10.5. The van der Waals surface area contributed by atoms with E-state index in [0.717, 1.165) is 10.6 Å². The van der Waals surface area contributed by atoms with Gasteiger partial charge in [0, 0.05) is 10.8 Å². The Morgan fingerprint density at radius 1 is 1.40 bits per heavy atom. The zero-order chi connectivity index (χ0) is 10.8. The lowest BCUT2D eigenvalue weighted by molar-refractivity contribution is 0.268. The molecule has 1 aromatic rings. The van der Waals surface area contributed by atoms with E-state index in [1.807, 2.05) is 19.1 Å². The Bertz CT molecular complexity index is 392. The van der Waals surface area contributed by atoms with Crippen molar-refractivity contribution < 1.29 is 10.2 Å². The summed E-state index contributed by atoms with van der Waals surface area (Å²) < 4.78 is 0. The topological polar surface area (TPSA) is 52.8 Å². The standard InChI is InChI=1S/C11H13NO2S/c1-7-9(6-13)12-11(15-7)8-4-2-3-5-10(8)14/h2-5,7,9,13-14H,6H2,1H3/t7-,9-/m0/s1. The van der Waals surface area contributed by atoms with E-state index in [1.54, 1.807) is 23.9 Å². The summed E-state index contributed by atoms with van der Waals surface area (Å²) in [5.41, 5.74) is 0.755. The molecule has 2 atom stereocenters. The van der Waals surface area contributed by atoms with Gasteiger partial charge in [0.05, 0.1) is 12.6 Å². The summed E-state index contributed by atoms with van der Waals surface area (Å²) in [5.74, 6) is 0.245. The highest BCUT2D eigenvalue weighted by molar-refractivity contribution is 8.15. The van der Waals surface area contributed by atoms with E-state index in [0.29, 0.717) is 0 Å². The maximum absolute atomic E-state index is 9.66.